The van der Waals surface area contributed by atoms with Crippen LogP contribution >= 0.6 is 47.9 Å². The minimum absolute atomic E-state index is 0. The predicted octanol–water partition coefficient (Wildman–Crippen LogP) is 2.82. The Labute approximate surface area is 147 Å². The highest BCUT2D eigenvalue weighted by molar-refractivity contribution is 7.99. The van der Waals surface area contributed by atoms with E-state index in [0.717, 1.165) is 28.8 Å². The summed E-state index contributed by atoms with van der Waals surface area (Å²) in [6.45, 7) is 5.82. The summed E-state index contributed by atoms with van der Waals surface area (Å²) in [5.41, 5.74) is 1.11. The van der Waals surface area contributed by atoms with Crippen LogP contribution in [-0.4, -0.2) is 35.0 Å². The zero-order valence-electron chi connectivity index (χ0n) is 12.3. The lowest BCUT2D eigenvalue weighted by molar-refractivity contribution is -0.121. The van der Waals surface area contributed by atoms with Crippen LogP contribution in [0.15, 0.2) is 5.38 Å². The number of nitrogens with zero attached hydrogens (tertiary/aromatic N) is 1. The van der Waals surface area contributed by atoms with E-state index in [4.69, 9.17) is 0 Å². The van der Waals surface area contributed by atoms with E-state index in [9.17, 15) is 4.79 Å². The molecular formula is C13H23Cl2N3OS2. The molecule has 1 aromatic heterocycles. The number of hydrogen-bond donors (Lipinski definition) is 2. The van der Waals surface area contributed by atoms with Crippen LogP contribution in [0.5, 0.6) is 0 Å². The monoisotopic (exact) mass is 371 g/mol. The lowest BCUT2D eigenvalue weighted by atomic mass is 10.2. The van der Waals surface area contributed by atoms with Gasteiger partial charge in [0.15, 0.2) is 0 Å². The first-order valence-electron chi connectivity index (χ1n) is 6.67. The molecule has 8 heteroatoms. The van der Waals surface area contributed by atoms with Crippen molar-refractivity contribution in [2.75, 3.05) is 18.1 Å². The molecule has 122 valence electrons. The van der Waals surface area contributed by atoms with E-state index in [1.807, 2.05) is 11.8 Å². The zero-order valence-corrected chi connectivity index (χ0v) is 15.5. The topological polar surface area (TPSA) is 54.0 Å². The van der Waals surface area contributed by atoms with Gasteiger partial charge in [-0.25, -0.2) is 4.98 Å². The molecule has 21 heavy (non-hydrogen) atoms. The van der Waals surface area contributed by atoms with E-state index in [2.05, 4.69) is 34.8 Å². The van der Waals surface area contributed by atoms with Crippen molar-refractivity contribution in [1.82, 2.24) is 15.6 Å². The largest absolute Gasteiger partial charge is 0.350 e. The van der Waals surface area contributed by atoms with Gasteiger partial charge in [-0.15, -0.1) is 36.2 Å². The molecule has 1 fully saturated rings. The molecule has 2 N–H and O–H groups in total. The lowest BCUT2D eigenvalue weighted by Gasteiger charge is -2.22. The number of hydrogen-bond acceptors (Lipinski definition) is 5. The molecule has 1 aliphatic heterocycles. The summed E-state index contributed by atoms with van der Waals surface area (Å²) in [6, 6.07) is 0.321. The van der Waals surface area contributed by atoms with Gasteiger partial charge in [-0.2, -0.15) is 11.8 Å². The Kier molecular flexibility index (Phi) is 10.7. The van der Waals surface area contributed by atoms with Crippen molar-refractivity contribution in [2.24, 2.45) is 0 Å². The quantitative estimate of drug-likeness (QED) is 0.835. The maximum Gasteiger partial charge on any atom is 0.221 e. The minimum Gasteiger partial charge on any atom is -0.350 e. The fourth-order valence-electron chi connectivity index (χ4n) is 1.89. The number of thiazole rings is 1. The Bertz CT molecular complexity index is 423. The number of rotatable bonds is 5. The summed E-state index contributed by atoms with van der Waals surface area (Å²) in [4.78, 5) is 16.4. The maximum atomic E-state index is 11.8. The smallest absolute Gasteiger partial charge is 0.221 e. The first-order chi connectivity index (χ1) is 9.15. The van der Waals surface area contributed by atoms with Crippen molar-refractivity contribution in [1.29, 1.82) is 0 Å². The van der Waals surface area contributed by atoms with Crippen molar-refractivity contribution in [2.45, 2.75) is 38.8 Å². The van der Waals surface area contributed by atoms with E-state index < -0.39 is 0 Å². The second-order valence-electron chi connectivity index (χ2n) is 5.03. The van der Waals surface area contributed by atoms with Crippen LogP contribution in [0.3, 0.4) is 0 Å². The molecule has 1 unspecified atom stereocenters. The van der Waals surface area contributed by atoms with Gasteiger partial charge >= 0.3 is 0 Å². The van der Waals surface area contributed by atoms with Crippen molar-refractivity contribution in [3.05, 3.63) is 16.1 Å². The number of aromatic nitrogens is 1. The second kappa shape index (κ2) is 10.7. The third kappa shape index (κ3) is 7.19. The highest BCUT2D eigenvalue weighted by Crippen LogP contribution is 2.17. The molecular weight excluding hydrogens is 349 g/mol. The third-order valence-electron chi connectivity index (χ3n) is 3.03. The summed E-state index contributed by atoms with van der Waals surface area (Å²) in [7, 11) is 0. The van der Waals surface area contributed by atoms with Crippen LogP contribution in [0.1, 0.15) is 36.9 Å². The number of halogens is 2. The lowest BCUT2D eigenvalue weighted by Crippen LogP contribution is -2.41. The van der Waals surface area contributed by atoms with Crippen molar-refractivity contribution < 1.29 is 4.79 Å². The number of thioether (sulfide) groups is 1. The van der Waals surface area contributed by atoms with E-state index in [1.54, 1.807) is 11.3 Å². The van der Waals surface area contributed by atoms with Gasteiger partial charge in [-0.05, 0) is 5.92 Å². The second-order valence-corrected chi connectivity index (χ2v) is 7.12. The summed E-state index contributed by atoms with van der Waals surface area (Å²) < 4.78 is 0. The van der Waals surface area contributed by atoms with Crippen molar-refractivity contribution >= 4 is 53.8 Å². The van der Waals surface area contributed by atoms with E-state index in [-0.39, 0.29) is 30.7 Å². The van der Waals surface area contributed by atoms with Gasteiger partial charge in [0.25, 0.3) is 0 Å². The van der Waals surface area contributed by atoms with Crippen LogP contribution in [-0.2, 0) is 11.3 Å². The zero-order chi connectivity index (χ0) is 13.7. The average Bonchev–Trinajstić information content (AvgIpc) is 2.86. The molecule has 4 nitrogen and oxygen atoms in total. The Balaban J connectivity index is 0.00000200. The van der Waals surface area contributed by atoms with Gasteiger partial charge in [0.2, 0.25) is 5.91 Å². The highest BCUT2D eigenvalue weighted by atomic mass is 35.5. The Hall–Kier alpha value is -0.0100. The van der Waals surface area contributed by atoms with E-state index in [0.29, 0.717) is 24.9 Å². The van der Waals surface area contributed by atoms with E-state index >= 15 is 0 Å². The first-order valence-corrected chi connectivity index (χ1v) is 8.70. The Morgan fingerprint density at radius 3 is 2.86 bits per heavy atom. The van der Waals surface area contributed by atoms with Crippen LogP contribution in [0, 0.1) is 0 Å². The van der Waals surface area contributed by atoms with Crippen LogP contribution in [0.4, 0.5) is 0 Å². The molecule has 1 atom stereocenters. The summed E-state index contributed by atoms with van der Waals surface area (Å²) in [5, 5.41) is 9.39. The molecule has 1 aromatic rings. The Morgan fingerprint density at radius 1 is 1.52 bits per heavy atom. The molecule has 1 amide bonds. The fraction of sp³-hybridized carbons (Fsp3) is 0.692. The SMILES string of the molecule is CC(C)c1csc(CNC(=O)CC2CSCCN2)n1.Cl.Cl. The van der Waals surface area contributed by atoms with Crippen LogP contribution in [0.2, 0.25) is 0 Å². The standard InChI is InChI=1S/C13H21N3OS2.2ClH/c1-9(2)11-8-19-13(16-11)6-15-12(17)5-10-7-18-4-3-14-10;;/h8-10,14H,3-7H2,1-2H3,(H,15,17);2*1H. The van der Waals surface area contributed by atoms with Gasteiger partial charge in [0, 0.05) is 35.9 Å². The number of amides is 1. The first kappa shape index (κ1) is 21.0. The summed E-state index contributed by atoms with van der Waals surface area (Å²) in [5.74, 6) is 2.74. The number of carbonyl (C=O) groups excluding carboxylic acids is 1. The van der Waals surface area contributed by atoms with Crippen LogP contribution in [0.25, 0.3) is 0 Å². The minimum atomic E-state index is 0. The predicted molar refractivity (Wildman–Crippen MR) is 96.3 cm³/mol. The number of carbonyl (C=O) groups is 1. The van der Waals surface area contributed by atoms with Gasteiger partial charge < -0.3 is 10.6 Å². The van der Waals surface area contributed by atoms with Gasteiger partial charge in [0.05, 0.1) is 12.2 Å². The normalized spacial score (nSPS) is 17.8. The maximum absolute atomic E-state index is 11.8. The van der Waals surface area contributed by atoms with Gasteiger partial charge in [0.1, 0.15) is 5.01 Å². The highest BCUT2D eigenvalue weighted by Gasteiger charge is 2.16. The number of nitrogens with one attached hydrogen (secondary N) is 2. The molecule has 0 bridgehead atoms. The van der Waals surface area contributed by atoms with E-state index in [1.165, 1.54) is 0 Å². The van der Waals surface area contributed by atoms with Gasteiger partial charge in [-0.3, -0.25) is 4.79 Å². The van der Waals surface area contributed by atoms with Crippen LogP contribution < -0.4 is 10.6 Å². The van der Waals surface area contributed by atoms with Gasteiger partial charge in [-0.1, -0.05) is 13.8 Å². The molecule has 0 aliphatic carbocycles. The third-order valence-corrected chi connectivity index (χ3v) is 5.03. The molecule has 1 saturated heterocycles. The molecule has 2 rings (SSSR count). The fourth-order valence-corrected chi connectivity index (χ4v) is 3.74. The molecule has 0 aromatic carbocycles. The Morgan fingerprint density at radius 2 is 2.29 bits per heavy atom. The average molecular weight is 372 g/mol. The summed E-state index contributed by atoms with van der Waals surface area (Å²) >= 11 is 3.53. The molecule has 0 saturated carbocycles. The van der Waals surface area contributed by atoms with Crippen molar-refractivity contribution in [3.8, 4) is 0 Å². The molecule has 1 aliphatic rings. The molecule has 0 radical (unpaired) electrons. The van der Waals surface area contributed by atoms with Crippen molar-refractivity contribution in [3.63, 3.8) is 0 Å². The summed E-state index contributed by atoms with van der Waals surface area (Å²) in [6.07, 6.45) is 0.565. The molecule has 2 heterocycles. The molecule has 0 spiro atoms.